The van der Waals surface area contributed by atoms with E-state index >= 15 is 0 Å². The summed E-state index contributed by atoms with van der Waals surface area (Å²) < 4.78 is 29.0. The second-order valence-corrected chi connectivity index (χ2v) is 14.7. The van der Waals surface area contributed by atoms with E-state index < -0.39 is 27.7 Å². The molecule has 0 aliphatic heterocycles. The molecule has 4 aromatic carbocycles. The van der Waals surface area contributed by atoms with Crippen LogP contribution < -0.4 is 26.5 Å². The van der Waals surface area contributed by atoms with E-state index in [0.29, 0.717) is 6.08 Å². The molecule has 10 heteroatoms. The maximum Gasteiger partial charge on any atom is 0.0967 e. The Bertz CT molecular complexity index is 1200. The Hall–Kier alpha value is -2.65. The van der Waals surface area contributed by atoms with Crippen LogP contribution in [0.2, 0.25) is 0 Å². The van der Waals surface area contributed by atoms with Crippen molar-refractivity contribution in [2.75, 3.05) is 32.0 Å². The number of hydrogen-bond acceptors (Lipinski definition) is 4. The van der Waals surface area contributed by atoms with Crippen molar-refractivity contribution in [3.63, 3.8) is 0 Å². The van der Waals surface area contributed by atoms with E-state index in [1.54, 1.807) is 17.3 Å². The predicted molar refractivity (Wildman–Crippen MR) is 194 cm³/mol. The van der Waals surface area contributed by atoms with Crippen LogP contribution in [-0.2, 0) is 31.6 Å². The van der Waals surface area contributed by atoms with Crippen molar-refractivity contribution in [1.29, 1.82) is 0 Å². The first kappa shape index (κ1) is 41.4. The molecule has 246 valence electrons. The van der Waals surface area contributed by atoms with Gasteiger partial charge in [-0.15, -0.1) is 0 Å². The van der Waals surface area contributed by atoms with Crippen LogP contribution in [0.1, 0.15) is 13.8 Å². The molecule has 0 saturated carbocycles. The molecule has 46 heavy (non-hydrogen) atoms. The van der Waals surface area contributed by atoms with Crippen molar-refractivity contribution in [3.05, 3.63) is 133 Å². The maximum absolute atomic E-state index is 12.4. The zero-order valence-corrected chi connectivity index (χ0v) is 30.7. The monoisotopic (exact) mass is 774 g/mol. The number of carbonyl (C=O) groups is 1. The minimum absolute atomic E-state index is 0.0357. The fraction of sp³-hybridized carbons (Fsp3) is 0.222. The topological polar surface area (TPSA) is 55.4 Å². The van der Waals surface area contributed by atoms with Gasteiger partial charge in [0.1, 0.15) is 0 Å². The number of rotatable bonds is 13. The van der Waals surface area contributed by atoms with Crippen molar-refractivity contribution in [2.24, 2.45) is 0 Å². The Morgan fingerprint density at radius 1 is 0.739 bits per heavy atom. The molecule has 0 aliphatic rings. The van der Waals surface area contributed by atoms with Gasteiger partial charge in [0.2, 0.25) is 0 Å². The maximum atomic E-state index is 12.4. The largest absolute Gasteiger partial charge is 0.310 e. The number of hydrogen-bond donors (Lipinski definition) is 1. The summed E-state index contributed by atoms with van der Waals surface area (Å²) in [6.45, 7) is 8.23. The van der Waals surface area contributed by atoms with Gasteiger partial charge >= 0.3 is 38.9 Å². The summed E-state index contributed by atoms with van der Waals surface area (Å²) >= 11 is 1.62. The standard InChI is InChI=1S/C28H29NP2.C7H10F2O2.CHO.ClH.Ru.H/c1-5-13-25(14-6-1)30(26-15-7-2-8-16-26)23-21-29-22-24-31(27-17-9-3-10-18-27)28-19-11-4-12-20-28;1-3-5-7(8,9)6(10)11-4-2;1-2;;;/h1-20,29H,21-24H2;3,5H,4H2,1-2H3;1H;1H;;/q;;-1;;+3;/p+1. The Morgan fingerprint density at radius 2 is 1.04 bits per heavy atom. The number of benzene rings is 4. The number of esters is 1. The molecule has 4 aromatic rings. The van der Waals surface area contributed by atoms with Crippen LogP contribution in [0.3, 0.4) is 0 Å². The molecule has 0 aliphatic carbocycles. The second-order valence-electron chi connectivity index (χ2n) is 9.51. The molecular formula is C36H43ClF2NO3P2Ru+3. The Morgan fingerprint density at radius 3 is 1.30 bits per heavy atom. The van der Waals surface area contributed by atoms with Gasteiger partial charge in [-0.1, -0.05) is 78.9 Å². The van der Waals surface area contributed by atoms with Gasteiger partial charge < -0.3 is 14.8 Å². The number of allylic oxidation sites excluding steroid dienone is 1. The molecule has 0 radical (unpaired) electrons. The first-order valence-corrected chi connectivity index (χ1v) is 20.5. The van der Waals surface area contributed by atoms with Gasteiger partial charge in [0.25, 0.3) is 0 Å². The Labute approximate surface area is 289 Å². The van der Waals surface area contributed by atoms with E-state index in [9.17, 15) is 13.6 Å². The van der Waals surface area contributed by atoms with Crippen molar-refractivity contribution in [2.45, 2.75) is 19.8 Å². The average molecular weight is 774 g/mol. The van der Waals surface area contributed by atoms with Crippen molar-refractivity contribution in [1.82, 2.24) is 5.32 Å². The van der Waals surface area contributed by atoms with Crippen LogP contribution in [0.25, 0.3) is 0 Å². The zero-order chi connectivity index (χ0) is 34.0. The van der Waals surface area contributed by atoms with Crippen LogP contribution >= 0.6 is 25.5 Å². The summed E-state index contributed by atoms with van der Waals surface area (Å²) in [5.74, 6) is -4.98. The van der Waals surface area contributed by atoms with Gasteiger partial charge in [-0.2, -0.15) is 8.78 Å². The second kappa shape index (κ2) is 25.4. The molecule has 0 atom stereocenters. The summed E-state index contributed by atoms with van der Waals surface area (Å²) in [7, 11) is 3.09. The van der Waals surface area contributed by atoms with Crippen LogP contribution in [0.4, 0.5) is 8.78 Å². The van der Waals surface area contributed by atoms with Crippen LogP contribution in [0.5, 0.6) is 0 Å². The van der Waals surface area contributed by atoms with Crippen molar-refractivity contribution < 1.29 is 40.4 Å². The number of nitrogens with one attached hydrogen (secondary N) is 1. The third-order valence-corrected chi connectivity index (χ3v) is 12.1. The third kappa shape index (κ3) is 15.3. The SMILES string of the molecule is CC=CC(F)(F)C(=O)OCC.[CH-]=O.[Cl][RuH+2].c1ccc([PH+](CCNCC[PH+](c2ccccc2)c2ccccc2)c2ccccc2)cc1. The van der Waals surface area contributed by atoms with Crippen LogP contribution in [-0.4, -0.2) is 50.7 Å². The van der Waals surface area contributed by atoms with Gasteiger partial charge in [-0.25, -0.2) is 4.79 Å². The molecule has 0 bridgehead atoms. The van der Waals surface area contributed by atoms with Crippen molar-refractivity contribution >= 4 is 59.5 Å². The number of alkyl halides is 2. The fourth-order valence-corrected chi connectivity index (χ4v) is 9.58. The van der Waals surface area contributed by atoms with Crippen LogP contribution in [0.15, 0.2) is 133 Å². The molecule has 0 amide bonds. The third-order valence-electron chi connectivity index (χ3n) is 6.52. The normalized spacial score (nSPS) is 10.6. The van der Waals surface area contributed by atoms with E-state index in [1.165, 1.54) is 47.4 Å². The number of halogens is 3. The molecule has 0 saturated heterocycles. The van der Waals surface area contributed by atoms with E-state index in [0.717, 1.165) is 19.2 Å². The Kier molecular flexibility index (Phi) is 22.9. The van der Waals surface area contributed by atoms with Gasteiger partial charge in [-0.3, -0.25) is 6.79 Å². The van der Waals surface area contributed by atoms with E-state index in [2.05, 4.69) is 148 Å². The summed E-state index contributed by atoms with van der Waals surface area (Å²) in [6, 6.07) is 44.2. The molecule has 0 heterocycles. The van der Waals surface area contributed by atoms with Gasteiger partial charge in [0, 0.05) is 13.1 Å². The van der Waals surface area contributed by atoms with Gasteiger partial charge in [0.15, 0.2) is 0 Å². The summed E-state index contributed by atoms with van der Waals surface area (Å²) in [5.41, 5.74) is 0. The van der Waals surface area contributed by atoms with E-state index in [-0.39, 0.29) is 6.61 Å². The molecular weight excluding hydrogens is 731 g/mol. The smallest absolute Gasteiger partial charge is 0.0967 e. The van der Waals surface area contributed by atoms with E-state index in [1.807, 2.05) is 0 Å². The predicted octanol–water partition coefficient (Wildman–Crippen LogP) is 6.21. The molecule has 4 nitrogen and oxygen atoms in total. The number of ether oxygens (including phenoxy) is 1. The minimum Gasteiger partial charge on any atom is -0.310 e. The first-order valence-electron chi connectivity index (χ1n) is 14.7. The molecule has 1 N–H and O–H groups in total. The van der Waals surface area contributed by atoms with Gasteiger partial charge in [0.05, 0.1) is 56.0 Å². The van der Waals surface area contributed by atoms with E-state index in [4.69, 9.17) is 4.79 Å². The molecule has 0 spiro atoms. The molecule has 0 fully saturated rings. The molecule has 4 rings (SSSR count). The summed E-state index contributed by atoms with van der Waals surface area (Å²) in [6.07, 6.45) is 4.02. The minimum atomic E-state index is -3.48. The zero-order valence-electron chi connectivity index (χ0n) is 26.1. The van der Waals surface area contributed by atoms with Crippen LogP contribution in [0, 0.1) is 0 Å². The average Bonchev–Trinajstić information content (AvgIpc) is 3.12. The van der Waals surface area contributed by atoms with Crippen molar-refractivity contribution in [3.8, 4) is 0 Å². The molecule has 0 aromatic heterocycles. The summed E-state index contributed by atoms with van der Waals surface area (Å²) in [5, 5.41) is 9.77. The summed E-state index contributed by atoms with van der Waals surface area (Å²) in [4.78, 5) is 18.2. The van der Waals surface area contributed by atoms with Gasteiger partial charge in [-0.05, 0) is 68.5 Å². The quantitative estimate of drug-likeness (QED) is 0.0334. The number of carbonyl (C=O) groups excluding carboxylic acids is 2. The molecule has 0 unspecified atom stereocenters. The Balaban J connectivity index is 0.000000598. The fourth-order valence-electron chi connectivity index (χ4n) is 4.52. The first-order chi connectivity index (χ1) is 22.5.